The molecule has 0 spiro atoms. The minimum Gasteiger partial charge on any atom is -0.369 e. The summed E-state index contributed by atoms with van der Waals surface area (Å²) in [7, 11) is 0. The van der Waals surface area contributed by atoms with Crippen molar-refractivity contribution in [3.8, 4) is 5.69 Å². The topological polar surface area (TPSA) is 90.0 Å². The van der Waals surface area contributed by atoms with Gasteiger partial charge in [-0.05, 0) is 36.2 Å². The first kappa shape index (κ1) is 18.7. The third kappa shape index (κ3) is 5.21. The van der Waals surface area contributed by atoms with E-state index in [1.54, 1.807) is 18.3 Å². The number of nitrogens with one attached hydrogen (secondary N) is 1. The van der Waals surface area contributed by atoms with Gasteiger partial charge >= 0.3 is 0 Å². The van der Waals surface area contributed by atoms with Crippen molar-refractivity contribution in [3.05, 3.63) is 78.1 Å². The van der Waals surface area contributed by atoms with Crippen LogP contribution in [0.5, 0.6) is 0 Å². The number of nitrogens with two attached hydrogens (primary N) is 1. The van der Waals surface area contributed by atoms with Gasteiger partial charge in [0.15, 0.2) is 0 Å². The maximum Gasteiger partial charge on any atom is 0.252 e. The van der Waals surface area contributed by atoms with Crippen molar-refractivity contribution in [1.29, 1.82) is 0 Å². The van der Waals surface area contributed by atoms with E-state index in [1.165, 1.54) is 11.8 Å². The van der Waals surface area contributed by atoms with E-state index >= 15 is 0 Å². The van der Waals surface area contributed by atoms with Gasteiger partial charge in [-0.2, -0.15) is 5.10 Å². The maximum atomic E-state index is 12.5. The Morgan fingerprint density at radius 1 is 1.07 bits per heavy atom. The second-order valence-corrected chi connectivity index (χ2v) is 6.90. The first-order valence-corrected chi connectivity index (χ1v) is 9.49. The predicted molar refractivity (Wildman–Crippen MR) is 106 cm³/mol. The Morgan fingerprint density at radius 2 is 1.81 bits per heavy atom. The number of thioether (sulfide) groups is 1. The molecular weight excluding hydrogens is 360 g/mol. The number of rotatable bonds is 8. The summed E-state index contributed by atoms with van der Waals surface area (Å²) in [6, 6.07) is 17.0. The summed E-state index contributed by atoms with van der Waals surface area (Å²) in [5.74, 6) is -0.438. The van der Waals surface area contributed by atoms with E-state index < -0.39 is 5.91 Å². The largest absolute Gasteiger partial charge is 0.369 e. The number of carbonyl (C=O) groups is 2. The van der Waals surface area contributed by atoms with E-state index in [4.69, 9.17) is 5.73 Å². The lowest BCUT2D eigenvalue weighted by Gasteiger charge is -2.09. The summed E-state index contributed by atoms with van der Waals surface area (Å²) in [6.45, 7) is 0.494. The second-order valence-electron chi connectivity index (χ2n) is 5.89. The van der Waals surface area contributed by atoms with Crippen LogP contribution in [0, 0.1) is 0 Å². The van der Waals surface area contributed by atoms with Crippen molar-refractivity contribution in [2.45, 2.75) is 11.3 Å². The molecule has 0 saturated carbocycles. The zero-order valence-electron chi connectivity index (χ0n) is 14.7. The lowest BCUT2D eigenvalue weighted by molar-refractivity contribution is -0.115. The highest BCUT2D eigenvalue weighted by Crippen LogP contribution is 2.22. The van der Waals surface area contributed by atoms with Crippen LogP contribution >= 0.6 is 11.8 Å². The van der Waals surface area contributed by atoms with E-state index in [9.17, 15) is 9.59 Å². The van der Waals surface area contributed by atoms with Gasteiger partial charge in [0.2, 0.25) is 5.91 Å². The maximum absolute atomic E-state index is 12.5. The van der Waals surface area contributed by atoms with E-state index in [2.05, 4.69) is 10.4 Å². The van der Waals surface area contributed by atoms with Crippen LogP contribution in [0.15, 0.2) is 71.9 Å². The Morgan fingerprint density at radius 3 is 2.59 bits per heavy atom. The van der Waals surface area contributed by atoms with Crippen LogP contribution in [-0.4, -0.2) is 33.9 Å². The zero-order chi connectivity index (χ0) is 19.1. The normalized spacial score (nSPS) is 10.5. The first-order chi connectivity index (χ1) is 13.1. The minimum absolute atomic E-state index is 0.142. The van der Waals surface area contributed by atoms with Crippen molar-refractivity contribution in [2.24, 2.45) is 5.73 Å². The molecule has 2 aromatic carbocycles. The predicted octanol–water partition coefficient (Wildman–Crippen LogP) is 2.42. The van der Waals surface area contributed by atoms with Gasteiger partial charge in [0.05, 0.1) is 23.2 Å². The minimum atomic E-state index is -0.411. The van der Waals surface area contributed by atoms with Gasteiger partial charge in [-0.15, -0.1) is 11.8 Å². The number of para-hydroxylation sites is 1. The van der Waals surface area contributed by atoms with Crippen molar-refractivity contribution in [1.82, 2.24) is 15.1 Å². The van der Waals surface area contributed by atoms with Gasteiger partial charge in [-0.1, -0.05) is 30.3 Å². The van der Waals surface area contributed by atoms with Crippen LogP contribution in [0.25, 0.3) is 5.69 Å². The highest BCUT2D eigenvalue weighted by molar-refractivity contribution is 8.00. The fourth-order valence-corrected chi connectivity index (χ4v) is 3.34. The Balaban J connectivity index is 1.56. The number of primary amides is 1. The molecule has 7 heteroatoms. The van der Waals surface area contributed by atoms with Crippen LogP contribution < -0.4 is 11.1 Å². The molecule has 3 N–H and O–H groups in total. The number of nitrogens with zero attached hydrogens (tertiary/aromatic N) is 2. The molecule has 0 aliphatic heterocycles. The molecule has 0 aliphatic rings. The number of amides is 2. The van der Waals surface area contributed by atoms with Crippen LogP contribution in [0.3, 0.4) is 0 Å². The van der Waals surface area contributed by atoms with Crippen LogP contribution in [0.1, 0.15) is 15.9 Å². The van der Waals surface area contributed by atoms with Gasteiger partial charge in [-0.3, -0.25) is 9.59 Å². The molecule has 27 heavy (non-hydrogen) atoms. The summed E-state index contributed by atoms with van der Waals surface area (Å²) in [5.41, 5.74) is 7.76. The number of hydrogen-bond acceptors (Lipinski definition) is 4. The number of hydrogen-bond donors (Lipinski definition) is 2. The standard InChI is InChI=1S/C20H20N4O2S/c21-19(25)14-27-18-9-5-4-8-17(18)20(26)22-11-10-15-12-23-24(13-15)16-6-2-1-3-7-16/h1-9,12-13H,10-11,14H2,(H2,21,25)(H,22,26). The molecule has 1 heterocycles. The Hall–Kier alpha value is -3.06. The molecule has 3 aromatic rings. The Kier molecular flexibility index (Phi) is 6.27. The van der Waals surface area contributed by atoms with Gasteiger partial charge in [0.1, 0.15) is 0 Å². The molecule has 0 aliphatic carbocycles. The van der Waals surface area contributed by atoms with E-state index in [1.807, 2.05) is 53.3 Å². The highest BCUT2D eigenvalue weighted by Gasteiger charge is 2.12. The van der Waals surface area contributed by atoms with Crippen LogP contribution in [-0.2, 0) is 11.2 Å². The molecule has 0 saturated heterocycles. The van der Waals surface area contributed by atoms with E-state index in [0.29, 0.717) is 18.5 Å². The third-order valence-corrected chi connectivity index (χ3v) is 4.95. The van der Waals surface area contributed by atoms with E-state index in [0.717, 1.165) is 16.1 Å². The van der Waals surface area contributed by atoms with Crippen LogP contribution in [0.4, 0.5) is 0 Å². The molecule has 2 amide bonds. The Labute approximate surface area is 161 Å². The van der Waals surface area contributed by atoms with Crippen molar-refractivity contribution < 1.29 is 9.59 Å². The van der Waals surface area contributed by atoms with Gasteiger partial charge in [0, 0.05) is 17.6 Å². The third-order valence-electron chi connectivity index (χ3n) is 3.86. The molecular formula is C20H20N4O2S. The molecule has 0 bridgehead atoms. The summed E-state index contributed by atoms with van der Waals surface area (Å²) < 4.78 is 1.81. The molecule has 3 rings (SSSR count). The molecule has 138 valence electrons. The Bertz CT molecular complexity index is 924. The lowest BCUT2D eigenvalue weighted by atomic mass is 10.2. The molecule has 0 unspecified atom stereocenters. The number of benzene rings is 2. The average molecular weight is 380 g/mol. The first-order valence-electron chi connectivity index (χ1n) is 8.51. The molecule has 6 nitrogen and oxygen atoms in total. The summed E-state index contributed by atoms with van der Waals surface area (Å²) in [6.07, 6.45) is 4.43. The summed E-state index contributed by atoms with van der Waals surface area (Å²) >= 11 is 1.27. The summed E-state index contributed by atoms with van der Waals surface area (Å²) in [5, 5.41) is 7.27. The quantitative estimate of drug-likeness (QED) is 0.587. The van der Waals surface area contributed by atoms with Gasteiger partial charge < -0.3 is 11.1 Å². The average Bonchev–Trinajstić information content (AvgIpc) is 3.16. The smallest absolute Gasteiger partial charge is 0.252 e. The highest BCUT2D eigenvalue weighted by atomic mass is 32.2. The lowest BCUT2D eigenvalue weighted by Crippen LogP contribution is -2.26. The SMILES string of the molecule is NC(=O)CSc1ccccc1C(=O)NCCc1cnn(-c2ccccc2)c1. The number of aromatic nitrogens is 2. The molecule has 1 aromatic heterocycles. The van der Waals surface area contributed by atoms with Crippen molar-refractivity contribution in [2.75, 3.05) is 12.3 Å². The van der Waals surface area contributed by atoms with Crippen LogP contribution in [0.2, 0.25) is 0 Å². The monoisotopic (exact) mass is 380 g/mol. The zero-order valence-corrected chi connectivity index (χ0v) is 15.5. The fraction of sp³-hybridized carbons (Fsp3) is 0.150. The van der Waals surface area contributed by atoms with Gasteiger partial charge in [0.25, 0.3) is 5.91 Å². The second kappa shape index (κ2) is 9.05. The molecule has 0 radical (unpaired) electrons. The van der Waals surface area contributed by atoms with Crippen molar-refractivity contribution in [3.63, 3.8) is 0 Å². The fourth-order valence-electron chi connectivity index (χ4n) is 2.56. The van der Waals surface area contributed by atoms with Gasteiger partial charge in [-0.25, -0.2) is 4.68 Å². The molecule has 0 atom stereocenters. The van der Waals surface area contributed by atoms with E-state index in [-0.39, 0.29) is 11.7 Å². The molecule has 0 fully saturated rings. The summed E-state index contributed by atoms with van der Waals surface area (Å²) in [4.78, 5) is 24.2. The van der Waals surface area contributed by atoms with Crippen molar-refractivity contribution >= 4 is 23.6 Å². The number of carbonyl (C=O) groups excluding carboxylic acids is 2.